The Bertz CT molecular complexity index is 815. The third-order valence-electron chi connectivity index (χ3n) is 3.57. The van der Waals surface area contributed by atoms with E-state index in [9.17, 15) is 9.90 Å². The average molecular weight is 265 g/mol. The minimum absolute atomic E-state index is 0.344. The van der Waals surface area contributed by atoms with Crippen molar-refractivity contribution in [2.75, 3.05) is 0 Å². The largest absolute Gasteiger partial charge is 0.478 e. The van der Waals surface area contributed by atoms with E-state index in [1.807, 2.05) is 54.9 Å². The highest BCUT2D eigenvalue weighted by Gasteiger charge is 2.13. The number of fused-ring (bicyclic) bond motifs is 1. The maximum absolute atomic E-state index is 11.3. The second-order valence-corrected chi connectivity index (χ2v) is 5.06. The number of carbonyl (C=O) groups is 1. The number of aromatic carboxylic acids is 1. The van der Waals surface area contributed by atoms with Gasteiger partial charge < -0.3 is 9.67 Å². The Balaban J connectivity index is 2.24. The van der Waals surface area contributed by atoms with Crippen molar-refractivity contribution in [3.8, 4) is 11.1 Å². The lowest BCUT2D eigenvalue weighted by molar-refractivity contribution is 0.0699. The van der Waals surface area contributed by atoms with Crippen LogP contribution in [0.2, 0.25) is 0 Å². The Hall–Kier alpha value is -2.55. The first kappa shape index (κ1) is 12.5. The first-order valence-corrected chi connectivity index (χ1v) is 6.45. The molecule has 0 radical (unpaired) electrons. The van der Waals surface area contributed by atoms with Gasteiger partial charge in [0.05, 0.1) is 5.56 Å². The molecule has 0 aliphatic carbocycles. The van der Waals surface area contributed by atoms with Gasteiger partial charge in [0, 0.05) is 24.1 Å². The molecule has 2 aromatic carbocycles. The summed E-state index contributed by atoms with van der Waals surface area (Å²) in [6, 6.07) is 14.2. The Morgan fingerprint density at radius 2 is 1.85 bits per heavy atom. The molecule has 3 nitrogen and oxygen atoms in total. The van der Waals surface area contributed by atoms with Crippen molar-refractivity contribution in [1.29, 1.82) is 0 Å². The molecule has 3 rings (SSSR count). The number of carboxylic acid groups (broad SMARTS) is 1. The first-order chi connectivity index (χ1) is 9.56. The van der Waals surface area contributed by atoms with Crippen LogP contribution in [0.1, 0.15) is 15.9 Å². The molecule has 0 spiro atoms. The number of hydrogen-bond donors (Lipinski definition) is 1. The van der Waals surface area contributed by atoms with Gasteiger partial charge in [-0.2, -0.15) is 0 Å². The van der Waals surface area contributed by atoms with E-state index in [1.165, 1.54) is 5.56 Å². The third kappa shape index (κ3) is 1.97. The number of rotatable bonds is 2. The molecule has 0 saturated heterocycles. The van der Waals surface area contributed by atoms with Gasteiger partial charge in [0.1, 0.15) is 0 Å². The van der Waals surface area contributed by atoms with Crippen LogP contribution >= 0.6 is 0 Å². The van der Waals surface area contributed by atoms with E-state index < -0.39 is 5.97 Å². The Morgan fingerprint density at radius 1 is 1.10 bits per heavy atom. The lowest BCUT2D eigenvalue weighted by Crippen LogP contribution is -1.94. The monoisotopic (exact) mass is 265 g/mol. The van der Waals surface area contributed by atoms with Gasteiger partial charge in [-0.15, -0.1) is 0 Å². The van der Waals surface area contributed by atoms with Crippen LogP contribution in [0.5, 0.6) is 0 Å². The molecule has 0 bridgehead atoms. The van der Waals surface area contributed by atoms with Crippen molar-refractivity contribution in [3.05, 3.63) is 59.8 Å². The Kier molecular flexibility index (Phi) is 2.83. The van der Waals surface area contributed by atoms with Gasteiger partial charge in [0.25, 0.3) is 0 Å². The number of aryl methyl sites for hydroxylation is 2. The molecule has 0 fully saturated rings. The number of carboxylic acids is 1. The lowest BCUT2D eigenvalue weighted by Gasteiger charge is -2.04. The fourth-order valence-corrected chi connectivity index (χ4v) is 2.57. The van der Waals surface area contributed by atoms with Crippen LogP contribution in [-0.4, -0.2) is 15.6 Å². The third-order valence-corrected chi connectivity index (χ3v) is 3.57. The van der Waals surface area contributed by atoms with E-state index in [0.717, 1.165) is 22.0 Å². The highest BCUT2D eigenvalue weighted by Crippen LogP contribution is 2.28. The molecule has 20 heavy (non-hydrogen) atoms. The van der Waals surface area contributed by atoms with Crippen LogP contribution in [0.3, 0.4) is 0 Å². The van der Waals surface area contributed by atoms with Crippen LogP contribution in [0.15, 0.2) is 48.7 Å². The Morgan fingerprint density at radius 3 is 2.55 bits per heavy atom. The van der Waals surface area contributed by atoms with E-state index in [0.29, 0.717) is 5.56 Å². The van der Waals surface area contributed by atoms with Crippen LogP contribution in [-0.2, 0) is 7.05 Å². The molecule has 1 aromatic heterocycles. The van der Waals surface area contributed by atoms with Crippen LogP contribution in [0.4, 0.5) is 0 Å². The minimum Gasteiger partial charge on any atom is -0.478 e. The minimum atomic E-state index is -0.892. The fourth-order valence-electron chi connectivity index (χ4n) is 2.57. The summed E-state index contributed by atoms with van der Waals surface area (Å²) in [5.74, 6) is -0.892. The molecule has 100 valence electrons. The number of benzene rings is 2. The molecule has 3 aromatic rings. The number of nitrogens with zero attached hydrogens (tertiary/aromatic N) is 1. The fraction of sp³-hybridized carbons (Fsp3) is 0.118. The maximum atomic E-state index is 11.3. The van der Waals surface area contributed by atoms with Gasteiger partial charge >= 0.3 is 5.97 Å². The normalized spacial score (nSPS) is 10.9. The molecule has 0 saturated carbocycles. The molecular weight excluding hydrogens is 250 g/mol. The predicted molar refractivity (Wildman–Crippen MR) is 80.1 cm³/mol. The summed E-state index contributed by atoms with van der Waals surface area (Å²) in [6.07, 6.45) is 1.66. The lowest BCUT2D eigenvalue weighted by atomic mass is 10.0. The Labute approximate surface area is 117 Å². The summed E-state index contributed by atoms with van der Waals surface area (Å²) in [5, 5.41) is 10.1. The summed E-state index contributed by atoms with van der Waals surface area (Å²) in [7, 11) is 1.86. The highest BCUT2D eigenvalue weighted by molar-refractivity contribution is 6.04. The van der Waals surface area contributed by atoms with Gasteiger partial charge in [-0.25, -0.2) is 4.79 Å². The number of aromatic nitrogens is 1. The maximum Gasteiger partial charge on any atom is 0.337 e. The smallest absolute Gasteiger partial charge is 0.337 e. The average Bonchev–Trinajstić information content (AvgIpc) is 2.76. The van der Waals surface area contributed by atoms with Gasteiger partial charge in [-0.3, -0.25) is 0 Å². The second kappa shape index (κ2) is 4.53. The summed E-state index contributed by atoms with van der Waals surface area (Å²) in [6.45, 7) is 2.05. The van der Waals surface area contributed by atoms with E-state index in [2.05, 4.69) is 6.07 Å². The molecule has 0 aliphatic rings. The molecule has 0 aliphatic heterocycles. The van der Waals surface area contributed by atoms with E-state index in [1.54, 1.807) is 6.20 Å². The van der Waals surface area contributed by atoms with Gasteiger partial charge in [0.15, 0.2) is 0 Å². The van der Waals surface area contributed by atoms with Crippen molar-refractivity contribution >= 4 is 16.9 Å². The molecule has 0 unspecified atom stereocenters. The standard InChI is InChI=1S/C17H15NO2/c1-11-4-3-5-12(8-11)13-6-7-16-14(9-13)15(17(19)20)10-18(16)2/h3-10H,1-2H3,(H,19,20). The first-order valence-electron chi connectivity index (χ1n) is 6.45. The molecule has 1 N–H and O–H groups in total. The topological polar surface area (TPSA) is 42.2 Å². The van der Waals surface area contributed by atoms with E-state index >= 15 is 0 Å². The van der Waals surface area contributed by atoms with Crippen molar-refractivity contribution < 1.29 is 9.90 Å². The van der Waals surface area contributed by atoms with E-state index in [-0.39, 0.29) is 0 Å². The summed E-state index contributed by atoms with van der Waals surface area (Å²) >= 11 is 0. The molecule has 0 amide bonds. The van der Waals surface area contributed by atoms with Gasteiger partial charge in [-0.05, 0) is 30.2 Å². The zero-order valence-electron chi connectivity index (χ0n) is 11.4. The predicted octanol–water partition coefficient (Wildman–Crippen LogP) is 3.85. The van der Waals surface area contributed by atoms with Crippen molar-refractivity contribution in [3.63, 3.8) is 0 Å². The molecule has 1 heterocycles. The zero-order valence-corrected chi connectivity index (χ0v) is 11.4. The zero-order chi connectivity index (χ0) is 14.3. The van der Waals surface area contributed by atoms with Crippen molar-refractivity contribution in [2.24, 2.45) is 7.05 Å². The van der Waals surface area contributed by atoms with Crippen molar-refractivity contribution in [1.82, 2.24) is 4.57 Å². The summed E-state index contributed by atoms with van der Waals surface area (Å²) in [5.41, 5.74) is 4.60. The van der Waals surface area contributed by atoms with E-state index in [4.69, 9.17) is 0 Å². The molecule has 3 heteroatoms. The SMILES string of the molecule is Cc1cccc(-c2ccc3c(c2)c(C(=O)O)cn3C)c1. The van der Waals surface area contributed by atoms with Gasteiger partial charge in [0.2, 0.25) is 0 Å². The van der Waals surface area contributed by atoms with Crippen LogP contribution in [0, 0.1) is 6.92 Å². The molecular formula is C17H15NO2. The molecule has 0 atom stereocenters. The highest BCUT2D eigenvalue weighted by atomic mass is 16.4. The summed E-state index contributed by atoms with van der Waals surface area (Å²) in [4.78, 5) is 11.3. The summed E-state index contributed by atoms with van der Waals surface area (Å²) < 4.78 is 1.85. The van der Waals surface area contributed by atoms with Crippen LogP contribution in [0.25, 0.3) is 22.0 Å². The second-order valence-electron chi connectivity index (χ2n) is 5.06. The quantitative estimate of drug-likeness (QED) is 0.764. The van der Waals surface area contributed by atoms with Gasteiger partial charge in [-0.1, -0.05) is 35.9 Å². The van der Waals surface area contributed by atoms with Crippen molar-refractivity contribution in [2.45, 2.75) is 6.92 Å². The number of hydrogen-bond acceptors (Lipinski definition) is 1. The van der Waals surface area contributed by atoms with Crippen LogP contribution < -0.4 is 0 Å².